The monoisotopic (exact) mass is 291 g/mol. The normalized spacial score (nSPS) is 22.3. The number of carbonyl (C=O) groups is 1. The number of aliphatic carboxylic acids is 1. The van der Waals surface area contributed by atoms with E-state index in [9.17, 15) is 9.90 Å². The lowest BCUT2D eigenvalue weighted by molar-refractivity contribution is -0.142. The molecule has 1 N–H and O–H groups in total. The molecule has 4 nitrogen and oxygen atoms in total. The van der Waals surface area contributed by atoms with Crippen molar-refractivity contribution in [2.75, 3.05) is 0 Å². The maximum absolute atomic E-state index is 11.3. The van der Waals surface area contributed by atoms with Gasteiger partial charge in [-0.05, 0) is 37.5 Å². The second-order valence-electron chi connectivity index (χ2n) is 5.12. The number of rotatable bonds is 2. The lowest BCUT2D eigenvalue weighted by atomic mass is 9.83. The summed E-state index contributed by atoms with van der Waals surface area (Å²) >= 11 is 6.01. The Morgan fingerprint density at radius 1 is 1.40 bits per heavy atom. The highest BCUT2D eigenvalue weighted by molar-refractivity contribution is 6.31. The standard InChI is InChI=1S/C15H14ClNO3/c1-8-6-9(16)7-12-13(8)20-14(17-12)10-4-2-3-5-11(10)15(18)19/h2-3,6-7,10-11H,4-5H2,1H3,(H,18,19). The molecule has 2 aromatic rings. The first-order chi connectivity index (χ1) is 9.56. The number of aromatic nitrogens is 1. The molecule has 1 aromatic heterocycles. The zero-order valence-corrected chi connectivity index (χ0v) is 11.7. The average molecular weight is 292 g/mol. The van der Waals surface area contributed by atoms with Gasteiger partial charge in [0.2, 0.25) is 0 Å². The lowest BCUT2D eigenvalue weighted by Gasteiger charge is -2.21. The molecule has 0 aliphatic heterocycles. The topological polar surface area (TPSA) is 63.3 Å². The summed E-state index contributed by atoms with van der Waals surface area (Å²) in [6, 6.07) is 3.56. The molecule has 2 unspecified atom stereocenters. The maximum atomic E-state index is 11.3. The number of nitrogens with zero attached hydrogens (tertiary/aromatic N) is 1. The van der Waals surface area contributed by atoms with Gasteiger partial charge in [-0.25, -0.2) is 4.98 Å². The van der Waals surface area contributed by atoms with Crippen molar-refractivity contribution in [3.63, 3.8) is 0 Å². The van der Waals surface area contributed by atoms with Crippen LogP contribution in [0, 0.1) is 12.8 Å². The summed E-state index contributed by atoms with van der Waals surface area (Å²) in [4.78, 5) is 15.8. The van der Waals surface area contributed by atoms with Crippen molar-refractivity contribution >= 4 is 28.7 Å². The Morgan fingerprint density at radius 2 is 2.15 bits per heavy atom. The molecular formula is C15H14ClNO3. The van der Waals surface area contributed by atoms with Gasteiger partial charge in [-0.3, -0.25) is 4.79 Å². The van der Waals surface area contributed by atoms with Gasteiger partial charge in [-0.15, -0.1) is 0 Å². The molecule has 2 atom stereocenters. The van der Waals surface area contributed by atoms with E-state index in [1.165, 1.54) is 0 Å². The van der Waals surface area contributed by atoms with E-state index in [0.717, 1.165) is 5.56 Å². The maximum Gasteiger partial charge on any atom is 0.307 e. The molecule has 0 amide bonds. The number of hydrogen-bond donors (Lipinski definition) is 1. The van der Waals surface area contributed by atoms with Crippen molar-refractivity contribution in [3.05, 3.63) is 40.8 Å². The van der Waals surface area contributed by atoms with E-state index >= 15 is 0 Å². The minimum absolute atomic E-state index is 0.219. The van der Waals surface area contributed by atoms with Crippen LogP contribution in [0.5, 0.6) is 0 Å². The van der Waals surface area contributed by atoms with Crippen LogP contribution in [0.25, 0.3) is 11.1 Å². The molecule has 104 valence electrons. The fourth-order valence-corrected chi connectivity index (χ4v) is 2.96. The number of carboxylic acids is 1. The zero-order chi connectivity index (χ0) is 14.3. The Morgan fingerprint density at radius 3 is 2.90 bits per heavy atom. The van der Waals surface area contributed by atoms with Crippen molar-refractivity contribution in [1.29, 1.82) is 0 Å². The minimum atomic E-state index is -0.809. The molecule has 1 aromatic carbocycles. The number of halogens is 1. The van der Waals surface area contributed by atoms with Crippen molar-refractivity contribution in [2.24, 2.45) is 5.92 Å². The molecule has 5 heteroatoms. The first kappa shape index (κ1) is 13.2. The highest BCUT2D eigenvalue weighted by Gasteiger charge is 2.33. The largest absolute Gasteiger partial charge is 0.481 e. The van der Waals surface area contributed by atoms with E-state index < -0.39 is 11.9 Å². The van der Waals surface area contributed by atoms with Crippen molar-refractivity contribution in [2.45, 2.75) is 25.7 Å². The first-order valence-corrected chi connectivity index (χ1v) is 6.88. The van der Waals surface area contributed by atoms with E-state index in [1.807, 2.05) is 25.1 Å². The van der Waals surface area contributed by atoms with Gasteiger partial charge in [0, 0.05) is 5.02 Å². The summed E-state index contributed by atoms with van der Waals surface area (Å²) in [7, 11) is 0. The Kier molecular flexibility index (Phi) is 3.26. The molecule has 0 bridgehead atoms. The van der Waals surface area contributed by atoms with E-state index in [0.29, 0.717) is 34.9 Å². The minimum Gasteiger partial charge on any atom is -0.481 e. The Bertz CT molecular complexity index is 704. The molecule has 0 saturated carbocycles. The summed E-state index contributed by atoms with van der Waals surface area (Å²) in [5, 5.41) is 9.92. The van der Waals surface area contributed by atoms with Gasteiger partial charge in [0.05, 0.1) is 11.8 Å². The second-order valence-corrected chi connectivity index (χ2v) is 5.55. The number of aryl methyl sites for hydroxylation is 1. The van der Waals surface area contributed by atoms with Gasteiger partial charge < -0.3 is 9.52 Å². The fraction of sp³-hybridized carbons (Fsp3) is 0.333. The summed E-state index contributed by atoms with van der Waals surface area (Å²) in [6.07, 6.45) is 5.04. The average Bonchev–Trinajstić information content (AvgIpc) is 2.82. The van der Waals surface area contributed by atoms with Gasteiger partial charge in [0.1, 0.15) is 5.52 Å². The second kappa shape index (κ2) is 4.94. The predicted octanol–water partition coefficient (Wildman–Crippen LogP) is 3.92. The highest BCUT2D eigenvalue weighted by Crippen LogP contribution is 2.36. The lowest BCUT2D eigenvalue weighted by Crippen LogP contribution is -2.23. The van der Waals surface area contributed by atoms with Crippen LogP contribution in [0.15, 0.2) is 28.7 Å². The van der Waals surface area contributed by atoms with Crippen molar-refractivity contribution < 1.29 is 14.3 Å². The van der Waals surface area contributed by atoms with E-state index in [-0.39, 0.29) is 5.92 Å². The summed E-state index contributed by atoms with van der Waals surface area (Å²) in [5.41, 5.74) is 2.27. The summed E-state index contributed by atoms with van der Waals surface area (Å²) in [6.45, 7) is 1.90. The molecular weight excluding hydrogens is 278 g/mol. The molecule has 1 aliphatic rings. The molecule has 0 spiro atoms. The number of fused-ring (bicyclic) bond motifs is 1. The molecule has 0 fully saturated rings. The third-order valence-corrected chi connectivity index (χ3v) is 3.94. The SMILES string of the molecule is Cc1cc(Cl)cc2nc(C3CC=CCC3C(=O)O)oc12. The van der Waals surface area contributed by atoms with Gasteiger partial charge in [0.15, 0.2) is 11.5 Å². The summed E-state index contributed by atoms with van der Waals surface area (Å²) < 4.78 is 5.81. The van der Waals surface area contributed by atoms with Crippen LogP contribution in [-0.4, -0.2) is 16.1 Å². The third kappa shape index (κ3) is 2.20. The summed E-state index contributed by atoms with van der Waals surface area (Å²) in [5.74, 6) is -1.02. The smallest absolute Gasteiger partial charge is 0.307 e. The molecule has 1 heterocycles. The van der Waals surface area contributed by atoms with Crippen molar-refractivity contribution in [3.8, 4) is 0 Å². The number of carboxylic acid groups (broad SMARTS) is 1. The quantitative estimate of drug-likeness (QED) is 0.852. The van der Waals surface area contributed by atoms with Crippen LogP contribution in [0.2, 0.25) is 5.02 Å². The molecule has 0 radical (unpaired) electrons. The fourth-order valence-electron chi connectivity index (χ4n) is 2.69. The van der Waals surface area contributed by atoms with Crippen LogP contribution in [0.3, 0.4) is 0 Å². The Labute approximate surface area is 121 Å². The molecule has 1 aliphatic carbocycles. The predicted molar refractivity (Wildman–Crippen MR) is 76.0 cm³/mol. The van der Waals surface area contributed by atoms with E-state index in [2.05, 4.69) is 4.98 Å². The highest BCUT2D eigenvalue weighted by atomic mass is 35.5. The molecule has 3 rings (SSSR count). The first-order valence-electron chi connectivity index (χ1n) is 6.50. The van der Waals surface area contributed by atoms with Gasteiger partial charge in [-0.2, -0.15) is 0 Å². The number of hydrogen-bond acceptors (Lipinski definition) is 3. The van der Waals surface area contributed by atoms with Crippen LogP contribution in [-0.2, 0) is 4.79 Å². The number of benzene rings is 1. The number of oxazole rings is 1. The number of allylic oxidation sites excluding steroid dienone is 2. The van der Waals surface area contributed by atoms with Crippen molar-refractivity contribution in [1.82, 2.24) is 4.98 Å². The third-order valence-electron chi connectivity index (χ3n) is 3.72. The zero-order valence-electron chi connectivity index (χ0n) is 11.0. The van der Waals surface area contributed by atoms with Gasteiger partial charge in [-0.1, -0.05) is 23.8 Å². The molecule has 20 heavy (non-hydrogen) atoms. The molecule has 0 saturated heterocycles. The van der Waals surface area contributed by atoms with Crippen LogP contribution in [0.4, 0.5) is 0 Å². The Balaban J connectivity index is 2.07. The van der Waals surface area contributed by atoms with Gasteiger partial charge in [0.25, 0.3) is 0 Å². The van der Waals surface area contributed by atoms with E-state index in [1.54, 1.807) is 6.07 Å². The van der Waals surface area contributed by atoms with Crippen LogP contribution < -0.4 is 0 Å². The van der Waals surface area contributed by atoms with E-state index in [4.69, 9.17) is 16.0 Å². The van der Waals surface area contributed by atoms with Crippen LogP contribution in [0.1, 0.15) is 30.2 Å². The Hall–Kier alpha value is -1.81. The van der Waals surface area contributed by atoms with Gasteiger partial charge >= 0.3 is 5.97 Å². The van der Waals surface area contributed by atoms with Crippen LogP contribution >= 0.6 is 11.6 Å².